The molecule has 0 aliphatic carbocycles. The Morgan fingerprint density at radius 2 is 2.23 bits per heavy atom. The molecule has 2 N–H and O–H groups in total. The van der Waals surface area contributed by atoms with Crippen LogP contribution in [0.25, 0.3) is 11.0 Å². The first-order chi connectivity index (χ1) is 15.0. The van der Waals surface area contributed by atoms with Crippen molar-refractivity contribution in [1.29, 1.82) is 5.26 Å². The highest BCUT2D eigenvalue weighted by molar-refractivity contribution is 7.98. The number of amides is 1. The molecule has 1 aromatic carbocycles. The minimum Gasteiger partial charge on any atom is -0.870 e. The van der Waals surface area contributed by atoms with Gasteiger partial charge in [0.2, 0.25) is 0 Å². The number of benzene rings is 1. The highest BCUT2D eigenvalue weighted by Crippen LogP contribution is 2.28. The third-order valence-corrected chi connectivity index (χ3v) is 6.44. The molecule has 4 rings (SSSR count). The lowest BCUT2D eigenvalue weighted by Crippen LogP contribution is -2.10. The van der Waals surface area contributed by atoms with Crippen molar-refractivity contribution in [2.75, 3.05) is 12.4 Å². The molecule has 0 aliphatic rings. The van der Waals surface area contributed by atoms with Crippen molar-refractivity contribution in [1.82, 2.24) is 19.9 Å². The van der Waals surface area contributed by atoms with Gasteiger partial charge in [0, 0.05) is 11.3 Å². The highest BCUT2D eigenvalue weighted by Gasteiger charge is 2.14. The summed E-state index contributed by atoms with van der Waals surface area (Å²) in [4.78, 5) is 29.0. The molecule has 31 heavy (non-hydrogen) atoms. The van der Waals surface area contributed by atoms with Gasteiger partial charge in [0.25, 0.3) is 5.91 Å². The van der Waals surface area contributed by atoms with Crippen molar-refractivity contribution in [3.63, 3.8) is 0 Å². The fraction of sp³-hybridized carbons (Fsp3) is 0.150. The first-order valence-corrected chi connectivity index (χ1v) is 10.8. The number of rotatable bonds is 6. The number of anilines is 1. The van der Waals surface area contributed by atoms with Crippen LogP contribution < -0.4 is 15.2 Å². The molecule has 0 fully saturated rings. The summed E-state index contributed by atoms with van der Waals surface area (Å²) in [6.07, 6.45) is 3.10. The molecule has 4 aromatic rings. The van der Waals surface area contributed by atoms with Crippen LogP contribution in [0.3, 0.4) is 0 Å². The largest absolute Gasteiger partial charge is 0.870 e. The van der Waals surface area contributed by atoms with Crippen molar-refractivity contribution < 1.29 is 14.6 Å². The summed E-state index contributed by atoms with van der Waals surface area (Å²) in [5.41, 5.74) is 2.95. The van der Waals surface area contributed by atoms with E-state index in [9.17, 15) is 9.90 Å². The van der Waals surface area contributed by atoms with E-state index in [4.69, 9.17) is 10.00 Å². The molecule has 0 unspecified atom stereocenters. The number of imidazole rings is 1. The van der Waals surface area contributed by atoms with Crippen LogP contribution in [0.2, 0.25) is 0 Å². The highest BCUT2D eigenvalue weighted by atomic mass is 32.2. The minimum absolute atomic E-state index is 0.218. The number of fused-ring (bicyclic) bond motifs is 1. The lowest BCUT2D eigenvalue weighted by atomic mass is 10.2. The summed E-state index contributed by atoms with van der Waals surface area (Å²) >= 11 is 2.70. The van der Waals surface area contributed by atoms with Crippen LogP contribution in [0.1, 0.15) is 25.9 Å². The number of nitrogens with zero attached hydrogens (tertiary/aromatic N) is 4. The summed E-state index contributed by atoms with van der Waals surface area (Å²) in [6.45, 7) is 1.81. The SMILES string of the molecule is COc1ccc(NC(=O)c2cnc(CSc3nc4c(C)c(C#N)ncc4[nH]3)s2)cc1[O-]. The average Bonchev–Trinajstić information content (AvgIpc) is 3.40. The Morgan fingerprint density at radius 3 is 2.97 bits per heavy atom. The number of thioether (sulfide) groups is 1. The molecule has 0 bridgehead atoms. The number of pyridine rings is 1. The smallest absolute Gasteiger partial charge is 0.267 e. The first-order valence-electron chi connectivity index (χ1n) is 8.98. The maximum atomic E-state index is 12.5. The number of hydrogen-bond donors (Lipinski definition) is 2. The van der Waals surface area contributed by atoms with Crippen molar-refractivity contribution in [2.24, 2.45) is 0 Å². The van der Waals surface area contributed by atoms with Crippen LogP contribution in [0.15, 0.2) is 35.7 Å². The van der Waals surface area contributed by atoms with E-state index in [2.05, 4.69) is 31.3 Å². The van der Waals surface area contributed by atoms with Gasteiger partial charge in [-0.15, -0.1) is 11.3 Å². The summed E-state index contributed by atoms with van der Waals surface area (Å²) < 4.78 is 4.93. The standard InChI is InChI=1S/C20H16N6O3S2/c1-10-12(6-21)22-7-13-18(10)26-20(25-13)30-9-17-23-8-16(31-17)19(28)24-11-3-4-15(29-2)14(27)5-11/h3-5,7-8,27H,9H2,1-2H3,(H,24,28)(H,25,26)/p-1. The van der Waals surface area contributed by atoms with Gasteiger partial charge in [-0.05, 0) is 25.1 Å². The number of hydrogen-bond acceptors (Lipinski definition) is 9. The zero-order valence-corrected chi connectivity index (χ0v) is 18.1. The Bertz CT molecular complexity index is 1320. The van der Waals surface area contributed by atoms with Crippen LogP contribution in [-0.4, -0.2) is 33.0 Å². The predicted molar refractivity (Wildman–Crippen MR) is 115 cm³/mol. The molecule has 0 spiro atoms. The Labute approximate surface area is 185 Å². The van der Waals surface area contributed by atoms with Gasteiger partial charge < -0.3 is 20.1 Å². The van der Waals surface area contributed by atoms with E-state index in [-0.39, 0.29) is 17.4 Å². The quantitative estimate of drug-likeness (QED) is 0.426. The molecular weight excluding hydrogens is 436 g/mol. The number of methoxy groups -OCH3 is 1. The zero-order chi connectivity index (χ0) is 22.0. The van der Waals surface area contributed by atoms with E-state index in [1.165, 1.54) is 48.5 Å². The van der Waals surface area contributed by atoms with Crippen molar-refractivity contribution in [3.8, 4) is 17.6 Å². The van der Waals surface area contributed by atoms with Crippen LogP contribution in [0.4, 0.5) is 5.69 Å². The van der Waals surface area contributed by atoms with E-state index < -0.39 is 0 Å². The third-order valence-electron chi connectivity index (χ3n) is 4.38. The fourth-order valence-corrected chi connectivity index (χ4v) is 4.52. The second kappa shape index (κ2) is 8.63. The van der Waals surface area contributed by atoms with Gasteiger partial charge in [0.15, 0.2) is 5.16 Å². The number of nitrogens with one attached hydrogen (secondary N) is 2. The first kappa shape index (κ1) is 20.6. The number of thiazole rings is 1. The van der Waals surface area contributed by atoms with Crippen LogP contribution in [0.5, 0.6) is 11.5 Å². The Hall–Kier alpha value is -3.62. The molecule has 0 radical (unpaired) electrons. The van der Waals surface area contributed by atoms with Gasteiger partial charge in [0.1, 0.15) is 27.4 Å². The number of aryl methyl sites for hydroxylation is 1. The molecule has 3 heterocycles. The molecule has 0 aliphatic heterocycles. The maximum Gasteiger partial charge on any atom is 0.267 e. The van der Waals surface area contributed by atoms with Gasteiger partial charge in [0.05, 0.1) is 36.3 Å². The number of aromatic nitrogens is 4. The lowest BCUT2D eigenvalue weighted by Gasteiger charge is -2.13. The van der Waals surface area contributed by atoms with Crippen molar-refractivity contribution in [3.05, 3.63) is 51.7 Å². The van der Waals surface area contributed by atoms with E-state index in [0.717, 1.165) is 16.1 Å². The van der Waals surface area contributed by atoms with Gasteiger partial charge >= 0.3 is 0 Å². The van der Waals surface area contributed by atoms with Gasteiger partial charge in [-0.3, -0.25) is 4.79 Å². The number of carbonyl (C=O) groups excluding carboxylic acids is 1. The Balaban J connectivity index is 1.41. The minimum atomic E-state index is -0.340. The molecule has 156 valence electrons. The van der Waals surface area contributed by atoms with Crippen molar-refractivity contribution >= 4 is 45.7 Å². The van der Waals surface area contributed by atoms with Gasteiger partial charge in [-0.1, -0.05) is 17.5 Å². The monoisotopic (exact) mass is 451 g/mol. The topological polar surface area (TPSA) is 140 Å². The molecular formula is C20H15N6O3S2-. The molecule has 9 nitrogen and oxygen atoms in total. The van der Waals surface area contributed by atoms with E-state index in [1.807, 2.05) is 6.92 Å². The second-order valence-electron chi connectivity index (χ2n) is 6.37. The zero-order valence-electron chi connectivity index (χ0n) is 16.4. The number of aromatic amines is 1. The van der Waals surface area contributed by atoms with E-state index >= 15 is 0 Å². The Kier molecular flexibility index (Phi) is 5.75. The molecule has 0 saturated heterocycles. The van der Waals surface area contributed by atoms with E-state index in [1.54, 1.807) is 12.3 Å². The summed E-state index contributed by atoms with van der Waals surface area (Å²) in [6, 6.07) is 6.48. The number of ether oxygens (including phenoxy) is 1. The van der Waals surface area contributed by atoms with E-state index in [0.29, 0.717) is 32.7 Å². The number of H-pyrrole nitrogens is 1. The maximum absolute atomic E-state index is 12.5. The van der Waals surface area contributed by atoms with Gasteiger partial charge in [-0.25, -0.2) is 15.0 Å². The molecule has 0 saturated carbocycles. The second-order valence-corrected chi connectivity index (χ2v) is 8.45. The lowest BCUT2D eigenvalue weighted by molar-refractivity contribution is -0.269. The molecule has 3 aromatic heterocycles. The molecule has 1 amide bonds. The Morgan fingerprint density at radius 1 is 1.39 bits per heavy atom. The van der Waals surface area contributed by atoms with Crippen LogP contribution >= 0.6 is 23.1 Å². The number of nitriles is 1. The molecule has 11 heteroatoms. The van der Waals surface area contributed by atoms with Crippen molar-refractivity contribution in [2.45, 2.75) is 17.8 Å². The van der Waals surface area contributed by atoms with Crippen LogP contribution in [0, 0.1) is 18.3 Å². The summed E-state index contributed by atoms with van der Waals surface area (Å²) in [7, 11) is 1.42. The number of carbonyl (C=O) groups is 1. The van der Waals surface area contributed by atoms with Crippen LogP contribution in [-0.2, 0) is 5.75 Å². The fourth-order valence-electron chi connectivity index (χ4n) is 2.82. The molecule has 0 atom stereocenters. The predicted octanol–water partition coefficient (Wildman–Crippen LogP) is 3.22. The summed E-state index contributed by atoms with van der Waals surface area (Å²) in [5.74, 6) is 0.0888. The average molecular weight is 452 g/mol. The normalized spacial score (nSPS) is 10.7. The van der Waals surface area contributed by atoms with Gasteiger partial charge in [-0.2, -0.15) is 5.26 Å². The third kappa shape index (κ3) is 4.30. The summed E-state index contributed by atoms with van der Waals surface area (Å²) in [5, 5.41) is 25.0.